The summed E-state index contributed by atoms with van der Waals surface area (Å²) in [7, 11) is 1.43. The number of carbonyl (C=O) groups excluding carboxylic acids is 1. The number of benzene rings is 2. The minimum absolute atomic E-state index is 0.0317. The molecule has 0 unspecified atom stereocenters. The third-order valence-corrected chi connectivity index (χ3v) is 6.01. The molecule has 1 aliphatic heterocycles. The lowest BCUT2D eigenvalue weighted by Gasteiger charge is -2.34. The second-order valence-electron chi connectivity index (χ2n) is 6.88. The Balaban J connectivity index is 1.30. The van der Waals surface area contributed by atoms with Gasteiger partial charge in [0.05, 0.1) is 30.3 Å². The average molecular weight is 399 g/mol. The molecular weight excluding hydrogens is 377 g/mol. The van der Waals surface area contributed by atoms with Gasteiger partial charge in [-0.2, -0.15) is 0 Å². The van der Waals surface area contributed by atoms with Crippen LogP contribution in [0.15, 0.2) is 42.5 Å². The number of para-hydroxylation sites is 1. The second-order valence-corrected chi connectivity index (χ2v) is 7.99. The van der Waals surface area contributed by atoms with Crippen molar-refractivity contribution >= 4 is 27.5 Å². The molecule has 7 heteroatoms. The van der Waals surface area contributed by atoms with E-state index in [9.17, 15) is 9.18 Å². The highest BCUT2D eigenvalue weighted by atomic mass is 32.1. The van der Waals surface area contributed by atoms with Crippen LogP contribution in [0, 0.1) is 5.82 Å². The number of hydrogen-bond donors (Lipinski definition) is 0. The Morgan fingerprint density at radius 1 is 1.18 bits per heavy atom. The zero-order chi connectivity index (χ0) is 19.5. The van der Waals surface area contributed by atoms with E-state index in [1.54, 1.807) is 23.5 Å². The molecule has 0 atom stereocenters. The summed E-state index contributed by atoms with van der Waals surface area (Å²) in [6.45, 7) is 3.81. The number of methoxy groups -OCH3 is 1. The molecule has 1 fully saturated rings. The van der Waals surface area contributed by atoms with Crippen LogP contribution in [0.25, 0.3) is 10.2 Å². The number of piperazine rings is 1. The van der Waals surface area contributed by atoms with Gasteiger partial charge in [-0.05, 0) is 29.8 Å². The summed E-state index contributed by atoms with van der Waals surface area (Å²) in [4.78, 5) is 21.4. The first-order valence-electron chi connectivity index (χ1n) is 9.29. The van der Waals surface area contributed by atoms with Crippen LogP contribution in [0.4, 0.5) is 4.39 Å². The van der Waals surface area contributed by atoms with Crippen molar-refractivity contribution in [3.8, 4) is 5.75 Å². The van der Waals surface area contributed by atoms with Crippen molar-refractivity contribution < 1.29 is 13.9 Å². The minimum atomic E-state index is -0.437. The molecule has 3 aromatic rings. The maximum Gasteiger partial charge on any atom is 0.227 e. The molecule has 2 aromatic carbocycles. The number of fused-ring (bicyclic) bond motifs is 1. The van der Waals surface area contributed by atoms with E-state index >= 15 is 0 Å². The molecule has 0 saturated carbocycles. The van der Waals surface area contributed by atoms with E-state index in [-0.39, 0.29) is 18.1 Å². The second kappa shape index (κ2) is 8.24. The number of nitrogens with zero attached hydrogens (tertiary/aromatic N) is 3. The molecule has 0 spiro atoms. The van der Waals surface area contributed by atoms with Crippen molar-refractivity contribution in [2.75, 3.05) is 33.3 Å². The fraction of sp³-hybridized carbons (Fsp3) is 0.333. The van der Waals surface area contributed by atoms with E-state index in [1.165, 1.54) is 17.9 Å². The van der Waals surface area contributed by atoms with Gasteiger partial charge in [-0.25, -0.2) is 9.37 Å². The molecule has 1 saturated heterocycles. The maximum atomic E-state index is 13.8. The predicted octanol–water partition coefficient (Wildman–Crippen LogP) is 3.33. The van der Waals surface area contributed by atoms with Crippen LogP contribution >= 0.6 is 11.3 Å². The van der Waals surface area contributed by atoms with Crippen LogP contribution in [-0.4, -0.2) is 54.0 Å². The quantitative estimate of drug-likeness (QED) is 0.660. The fourth-order valence-electron chi connectivity index (χ4n) is 3.44. The molecule has 1 aromatic heterocycles. The van der Waals surface area contributed by atoms with E-state index in [0.29, 0.717) is 18.7 Å². The highest BCUT2D eigenvalue weighted by Crippen LogP contribution is 2.23. The highest BCUT2D eigenvalue weighted by molar-refractivity contribution is 7.18. The summed E-state index contributed by atoms with van der Waals surface area (Å²) in [6.07, 6.45) is 0.207. The van der Waals surface area contributed by atoms with Crippen LogP contribution in [0.2, 0.25) is 0 Å². The van der Waals surface area contributed by atoms with Gasteiger partial charge in [0.15, 0.2) is 11.6 Å². The first-order chi connectivity index (χ1) is 13.6. The lowest BCUT2D eigenvalue weighted by molar-refractivity contribution is -0.132. The summed E-state index contributed by atoms with van der Waals surface area (Å²) in [5, 5.41) is 1.11. The van der Waals surface area contributed by atoms with Crippen LogP contribution < -0.4 is 4.74 Å². The summed E-state index contributed by atoms with van der Waals surface area (Å²) in [5.74, 6) is -0.211. The summed E-state index contributed by atoms with van der Waals surface area (Å²) in [6, 6.07) is 12.8. The lowest BCUT2D eigenvalue weighted by Crippen LogP contribution is -2.48. The molecule has 4 rings (SSSR count). The molecule has 1 amide bonds. The van der Waals surface area contributed by atoms with Gasteiger partial charge in [0.2, 0.25) is 5.91 Å². The van der Waals surface area contributed by atoms with Gasteiger partial charge in [-0.3, -0.25) is 9.69 Å². The Hall–Kier alpha value is -2.51. The van der Waals surface area contributed by atoms with Crippen molar-refractivity contribution in [3.63, 3.8) is 0 Å². The molecule has 0 bridgehead atoms. The monoisotopic (exact) mass is 399 g/mol. The Bertz CT molecular complexity index is 950. The molecule has 0 radical (unpaired) electrons. The Morgan fingerprint density at radius 2 is 1.96 bits per heavy atom. The average Bonchev–Trinajstić information content (AvgIpc) is 3.11. The predicted molar refractivity (Wildman–Crippen MR) is 108 cm³/mol. The first-order valence-corrected chi connectivity index (χ1v) is 10.1. The zero-order valence-corrected chi connectivity index (χ0v) is 16.5. The number of thiazole rings is 1. The van der Waals surface area contributed by atoms with Gasteiger partial charge in [-0.1, -0.05) is 18.2 Å². The molecule has 0 N–H and O–H groups in total. The number of ether oxygens (including phenoxy) is 1. The van der Waals surface area contributed by atoms with Crippen molar-refractivity contribution in [3.05, 3.63) is 58.9 Å². The topological polar surface area (TPSA) is 45.7 Å². The highest BCUT2D eigenvalue weighted by Gasteiger charge is 2.22. The van der Waals surface area contributed by atoms with Gasteiger partial charge >= 0.3 is 0 Å². The third kappa shape index (κ3) is 4.15. The molecule has 28 heavy (non-hydrogen) atoms. The normalized spacial score (nSPS) is 15.1. The maximum absolute atomic E-state index is 13.8. The number of halogens is 1. The van der Waals surface area contributed by atoms with Crippen molar-refractivity contribution in [1.82, 2.24) is 14.8 Å². The van der Waals surface area contributed by atoms with Crippen LogP contribution in [0.1, 0.15) is 10.6 Å². The molecule has 2 heterocycles. The van der Waals surface area contributed by atoms with Crippen molar-refractivity contribution in [2.45, 2.75) is 13.0 Å². The molecular formula is C21H22FN3O2S. The van der Waals surface area contributed by atoms with E-state index in [4.69, 9.17) is 4.74 Å². The minimum Gasteiger partial charge on any atom is -0.494 e. The number of amides is 1. The van der Waals surface area contributed by atoms with Crippen molar-refractivity contribution in [2.24, 2.45) is 0 Å². The SMILES string of the molecule is COc1ccc(CC(=O)N2CCN(Cc3nc4ccccc4s3)CC2)cc1F. The van der Waals surface area contributed by atoms with Gasteiger partial charge in [-0.15, -0.1) is 11.3 Å². The summed E-state index contributed by atoms with van der Waals surface area (Å²) in [5.41, 5.74) is 1.71. The fourth-order valence-corrected chi connectivity index (χ4v) is 4.45. The molecule has 146 valence electrons. The van der Waals surface area contributed by atoms with E-state index in [0.717, 1.165) is 30.2 Å². The molecule has 1 aliphatic rings. The van der Waals surface area contributed by atoms with E-state index in [2.05, 4.69) is 16.0 Å². The number of aromatic nitrogens is 1. The number of carbonyl (C=O) groups is 1. The third-order valence-electron chi connectivity index (χ3n) is 4.99. The van der Waals surface area contributed by atoms with Gasteiger partial charge in [0, 0.05) is 26.2 Å². The molecule has 5 nitrogen and oxygen atoms in total. The summed E-state index contributed by atoms with van der Waals surface area (Å²) < 4.78 is 19.9. The standard InChI is InChI=1S/C21H22FN3O2S/c1-27-18-7-6-15(12-16(18)22)13-21(26)25-10-8-24(9-11-25)14-20-23-17-4-2-3-5-19(17)28-20/h2-7,12H,8-11,13-14H2,1H3. The zero-order valence-electron chi connectivity index (χ0n) is 15.7. The van der Waals surface area contributed by atoms with Crippen molar-refractivity contribution in [1.29, 1.82) is 0 Å². The van der Waals surface area contributed by atoms with Gasteiger partial charge < -0.3 is 9.64 Å². The smallest absolute Gasteiger partial charge is 0.227 e. The van der Waals surface area contributed by atoms with Gasteiger partial charge in [0.25, 0.3) is 0 Å². The van der Waals surface area contributed by atoms with E-state index in [1.807, 2.05) is 23.1 Å². The van der Waals surface area contributed by atoms with Gasteiger partial charge in [0.1, 0.15) is 5.01 Å². The molecule has 0 aliphatic carbocycles. The first kappa shape index (κ1) is 18.8. The Morgan fingerprint density at radius 3 is 2.68 bits per heavy atom. The van der Waals surface area contributed by atoms with Crippen LogP contribution in [0.5, 0.6) is 5.75 Å². The summed E-state index contributed by atoms with van der Waals surface area (Å²) >= 11 is 1.73. The largest absolute Gasteiger partial charge is 0.494 e. The Labute approximate surface area is 167 Å². The number of rotatable bonds is 5. The Kier molecular flexibility index (Phi) is 5.54. The number of hydrogen-bond acceptors (Lipinski definition) is 5. The van der Waals surface area contributed by atoms with E-state index < -0.39 is 5.82 Å². The van der Waals surface area contributed by atoms with Crippen LogP contribution in [-0.2, 0) is 17.8 Å². The van der Waals surface area contributed by atoms with Crippen LogP contribution in [0.3, 0.4) is 0 Å². The lowest BCUT2D eigenvalue weighted by atomic mass is 10.1.